The normalized spacial score (nSPS) is 51.1. The third-order valence-corrected chi connectivity index (χ3v) is 3.77. The van der Waals surface area contributed by atoms with Crippen molar-refractivity contribution in [2.24, 2.45) is 23.7 Å². The molecule has 0 aromatic carbocycles. The molecule has 1 saturated heterocycles. The minimum Gasteiger partial charge on any atom is -0.481 e. The summed E-state index contributed by atoms with van der Waals surface area (Å²) >= 11 is 0. The van der Waals surface area contributed by atoms with Crippen molar-refractivity contribution >= 4 is 11.9 Å². The fourth-order valence-electron chi connectivity index (χ4n) is 3.34. The van der Waals surface area contributed by atoms with Gasteiger partial charge in [-0.25, -0.2) is 0 Å². The summed E-state index contributed by atoms with van der Waals surface area (Å²) in [6.07, 6.45) is 1.68. The van der Waals surface area contributed by atoms with Gasteiger partial charge in [-0.1, -0.05) is 0 Å². The van der Waals surface area contributed by atoms with E-state index in [1.54, 1.807) is 0 Å². The maximum atomic E-state index is 11.3. The highest BCUT2D eigenvalue weighted by molar-refractivity contribution is 5.84. The van der Waals surface area contributed by atoms with E-state index >= 15 is 0 Å². The minimum absolute atomic E-state index is 0.0399. The SMILES string of the molecule is O=C(O)[C@@H]1[C@@H]2C[C@@H]3[C@H]1C(=O)O[C@@H]3C2. The molecule has 13 heavy (non-hydrogen) atoms. The summed E-state index contributed by atoms with van der Waals surface area (Å²) in [5.41, 5.74) is 0. The van der Waals surface area contributed by atoms with Crippen LogP contribution in [0.2, 0.25) is 0 Å². The third-order valence-electron chi connectivity index (χ3n) is 3.77. The molecule has 2 bridgehead atoms. The van der Waals surface area contributed by atoms with Gasteiger partial charge in [0.05, 0.1) is 11.8 Å². The standard InChI is InChI=1S/C9H10O4/c10-8(11)6-3-1-4-5(2-3)13-9(12)7(4)6/h3-7H,1-2H2,(H,10,11)/t3-,4+,5-,6-,7-/m1/s1. The summed E-state index contributed by atoms with van der Waals surface area (Å²) in [5.74, 6) is -1.50. The van der Waals surface area contributed by atoms with E-state index in [1.165, 1.54) is 0 Å². The maximum absolute atomic E-state index is 11.3. The predicted octanol–water partition coefficient (Wildman–Crippen LogP) is 0.269. The number of carbonyl (C=O) groups is 2. The first kappa shape index (κ1) is 7.35. The second kappa shape index (κ2) is 2.05. The predicted molar refractivity (Wildman–Crippen MR) is 40.7 cm³/mol. The lowest BCUT2D eigenvalue weighted by Gasteiger charge is -2.19. The Bertz CT molecular complexity index is 296. The lowest BCUT2D eigenvalue weighted by atomic mass is 9.80. The second-order valence-corrected chi connectivity index (χ2v) is 4.26. The van der Waals surface area contributed by atoms with Crippen LogP contribution in [0, 0.1) is 23.7 Å². The van der Waals surface area contributed by atoms with Crippen LogP contribution in [0.4, 0.5) is 0 Å². The Kier molecular flexibility index (Phi) is 1.16. The summed E-state index contributed by atoms with van der Waals surface area (Å²) in [6, 6.07) is 0. The zero-order valence-corrected chi connectivity index (χ0v) is 6.97. The van der Waals surface area contributed by atoms with Crippen molar-refractivity contribution in [1.82, 2.24) is 0 Å². The molecular weight excluding hydrogens is 172 g/mol. The summed E-state index contributed by atoms with van der Waals surface area (Å²) in [7, 11) is 0. The number of esters is 1. The number of ether oxygens (including phenoxy) is 1. The first-order chi connectivity index (χ1) is 6.18. The van der Waals surface area contributed by atoms with Crippen molar-refractivity contribution in [2.75, 3.05) is 0 Å². The second-order valence-electron chi connectivity index (χ2n) is 4.26. The van der Waals surface area contributed by atoms with E-state index in [0.29, 0.717) is 0 Å². The van der Waals surface area contributed by atoms with Crippen molar-refractivity contribution in [3.05, 3.63) is 0 Å². The van der Waals surface area contributed by atoms with Crippen LogP contribution in [0.3, 0.4) is 0 Å². The number of aliphatic carboxylic acids is 1. The van der Waals surface area contributed by atoms with E-state index in [9.17, 15) is 9.59 Å². The molecule has 0 amide bonds. The molecule has 1 heterocycles. The molecule has 0 spiro atoms. The smallest absolute Gasteiger partial charge is 0.310 e. The largest absolute Gasteiger partial charge is 0.481 e. The van der Waals surface area contributed by atoms with Crippen LogP contribution in [-0.4, -0.2) is 23.1 Å². The number of fused-ring (bicyclic) bond motifs is 1. The quantitative estimate of drug-likeness (QED) is 0.591. The Balaban J connectivity index is 2.01. The number of rotatable bonds is 1. The summed E-state index contributed by atoms with van der Waals surface area (Å²) in [6.45, 7) is 0. The highest BCUT2D eigenvalue weighted by Gasteiger charge is 2.64. The number of hydrogen-bond donors (Lipinski definition) is 1. The Hall–Kier alpha value is -1.06. The molecule has 2 saturated carbocycles. The van der Waals surface area contributed by atoms with Gasteiger partial charge < -0.3 is 9.84 Å². The fraction of sp³-hybridized carbons (Fsp3) is 0.778. The lowest BCUT2D eigenvalue weighted by molar-refractivity contribution is -0.151. The fourth-order valence-corrected chi connectivity index (χ4v) is 3.34. The Morgan fingerprint density at radius 1 is 1.46 bits per heavy atom. The topological polar surface area (TPSA) is 63.6 Å². The highest BCUT2D eigenvalue weighted by Crippen LogP contribution is 2.57. The van der Waals surface area contributed by atoms with Crippen LogP contribution in [-0.2, 0) is 14.3 Å². The number of carboxylic acids is 1. The molecule has 4 heteroatoms. The van der Waals surface area contributed by atoms with Gasteiger partial charge in [0.15, 0.2) is 0 Å². The zero-order valence-electron chi connectivity index (χ0n) is 6.97. The van der Waals surface area contributed by atoms with Crippen LogP contribution < -0.4 is 0 Å². The minimum atomic E-state index is -0.824. The zero-order chi connectivity index (χ0) is 9.16. The monoisotopic (exact) mass is 182 g/mol. The Labute approximate surface area is 74.9 Å². The molecule has 5 atom stereocenters. The number of hydrogen-bond acceptors (Lipinski definition) is 3. The van der Waals surface area contributed by atoms with Crippen LogP contribution in [0.15, 0.2) is 0 Å². The van der Waals surface area contributed by atoms with E-state index in [2.05, 4.69) is 0 Å². The first-order valence-corrected chi connectivity index (χ1v) is 4.62. The van der Waals surface area contributed by atoms with Crippen molar-refractivity contribution in [2.45, 2.75) is 18.9 Å². The molecule has 70 valence electrons. The van der Waals surface area contributed by atoms with Crippen molar-refractivity contribution in [1.29, 1.82) is 0 Å². The van der Waals surface area contributed by atoms with Crippen molar-refractivity contribution in [3.8, 4) is 0 Å². The summed E-state index contributed by atoms with van der Waals surface area (Å²) in [5, 5.41) is 8.97. The van der Waals surface area contributed by atoms with Crippen LogP contribution >= 0.6 is 0 Å². The molecule has 1 N–H and O–H groups in total. The van der Waals surface area contributed by atoms with E-state index in [-0.39, 0.29) is 29.8 Å². The van der Waals surface area contributed by atoms with E-state index in [0.717, 1.165) is 12.8 Å². The lowest BCUT2D eigenvalue weighted by Crippen LogP contribution is -2.31. The van der Waals surface area contributed by atoms with Gasteiger partial charge in [0, 0.05) is 5.92 Å². The van der Waals surface area contributed by atoms with Gasteiger partial charge in [-0.05, 0) is 18.8 Å². The van der Waals surface area contributed by atoms with Crippen LogP contribution in [0.5, 0.6) is 0 Å². The summed E-state index contributed by atoms with van der Waals surface area (Å²) in [4.78, 5) is 22.2. The molecule has 2 aliphatic carbocycles. The highest BCUT2D eigenvalue weighted by atomic mass is 16.6. The van der Waals surface area contributed by atoms with Gasteiger partial charge in [0.1, 0.15) is 6.10 Å². The Morgan fingerprint density at radius 3 is 2.92 bits per heavy atom. The first-order valence-electron chi connectivity index (χ1n) is 4.62. The van der Waals surface area contributed by atoms with Gasteiger partial charge in [-0.15, -0.1) is 0 Å². The van der Waals surface area contributed by atoms with Gasteiger partial charge >= 0.3 is 11.9 Å². The van der Waals surface area contributed by atoms with Gasteiger partial charge in [0.25, 0.3) is 0 Å². The van der Waals surface area contributed by atoms with Crippen molar-refractivity contribution < 1.29 is 19.4 Å². The third kappa shape index (κ3) is 0.716. The van der Waals surface area contributed by atoms with Gasteiger partial charge in [-0.2, -0.15) is 0 Å². The van der Waals surface area contributed by atoms with Crippen LogP contribution in [0.1, 0.15) is 12.8 Å². The van der Waals surface area contributed by atoms with E-state index in [1.807, 2.05) is 0 Å². The van der Waals surface area contributed by atoms with E-state index < -0.39 is 11.9 Å². The summed E-state index contributed by atoms with van der Waals surface area (Å²) < 4.78 is 5.12. The number of carbonyl (C=O) groups excluding carboxylic acids is 1. The number of carboxylic acid groups (broad SMARTS) is 1. The maximum Gasteiger partial charge on any atom is 0.310 e. The molecule has 4 nitrogen and oxygen atoms in total. The molecule has 0 unspecified atom stereocenters. The molecule has 0 radical (unpaired) electrons. The van der Waals surface area contributed by atoms with Crippen LogP contribution in [0.25, 0.3) is 0 Å². The Morgan fingerprint density at radius 2 is 2.23 bits per heavy atom. The average Bonchev–Trinajstić information content (AvgIpc) is 2.60. The molecule has 0 aromatic rings. The van der Waals surface area contributed by atoms with Gasteiger partial charge in [0.2, 0.25) is 0 Å². The molecular formula is C9H10O4. The molecule has 3 fully saturated rings. The molecule has 3 aliphatic rings. The van der Waals surface area contributed by atoms with Gasteiger partial charge in [-0.3, -0.25) is 9.59 Å². The molecule has 3 rings (SSSR count). The average molecular weight is 182 g/mol. The molecule has 0 aromatic heterocycles. The molecule has 1 aliphatic heterocycles. The van der Waals surface area contributed by atoms with E-state index in [4.69, 9.17) is 9.84 Å². The van der Waals surface area contributed by atoms with Crippen molar-refractivity contribution in [3.63, 3.8) is 0 Å².